The van der Waals surface area contributed by atoms with Crippen LogP contribution in [0.2, 0.25) is 0 Å². The standard InChI is InChI=1S/C15H20N2S/c1-2-14-13(9-11-10-16-7-8-17-11)12-5-3-4-6-15(12)18-14/h3-6,11,16-17H,2,7-10H2,1H3. The fraction of sp³-hybridized carbons (Fsp3) is 0.467. The van der Waals surface area contributed by atoms with Gasteiger partial charge in [0.1, 0.15) is 0 Å². The molecular formula is C15H20N2S. The van der Waals surface area contributed by atoms with Crippen molar-refractivity contribution >= 4 is 21.4 Å². The van der Waals surface area contributed by atoms with Crippen LogP contribution in [-0.2, 0) is 12.8 Å². The zero-order chi connectivity index (χ0) is 12.4. The molecule has 1 saturated heterocycles. The number of nitrogens with one attached hydrogen (secondary N) is 2. The molecule has 1 aromatic heterocycles. The topological polar surface area (TPSA) is 24.1 Å². The van der Waals surface area contributed by atoms with Gasteiger partial charge in [-0.15, -0.1) is 11.3 Å². The Balaban J connectivity index is 1.93. The van der Waals surface area contributed by atoms with Crippen LogP contribution in [-0.4, -0.2) is 25.7 Å². The second kappa shape index (κ2) is 5.39. The highest BCUT2D eigenvalue weighted by molar-refractivity contribution is 7.19. The van der Waals surface area contributed by atoms with Gasteiger partial charge in [0.15, 0.2) is 0 Å². The number of benzene rings is 1. The lowest BCUT2D eigenvalue weighted by Gasteiger charge is -2.24. The van der Waals surface area contributed by atoms with Crippen LogP contribution in [0.25, 0.3) is 10.1 Å². The molecule has 0 bridgehead atoms. The Bertz CT molecular complexity index is 526. The molecule has 2 nitrogen and oxygen atoms in total. The molecule has 0 spiro atoms. The Morgan fingerprint density at radius 3 is 2.94 bits per heavy atom. The van der Waals surface area contributed by atoms with Crippen LogP contribution < -0.4 is 10.6 Å². The van der Waals surface area contributed by atoms with Crippen molar-refractivity contribution in [2.45, 2.75) is 25.8 Å². The third-order valence-corrected chi connectivity index (χ3v) is 5.04. The quantitative estimate of drug-likeness (QED) is 0.886. The monoisotopic (exact) mass is 260 g/mol. The first-order valence-electron chi connectivity index (χ1n) is 6.82. The number of hydrogen-bond acceptors (Lipinski definition) is 3. The highest BCUT2D eigenvalue weighted by Crippen LogP contribution is 2.32. The first-order chi connectivity index (χ1) is 8.88. The Morgan fingerprint density at radius 2 is 2.17 bits per heavy atom. The lowest BCUT2D eigenvalue weighted by atomic mass is 10.0. The molecule has 1 fully saturated rings. The summed E-state index contributed by atoms with van der Waals surface area (Å²) in [6.07, 6.45) is 2.30. The van der Waals surface area contributed by atoms with Crippen LogP contribution in [0.1, 0.15) is 17.4 Å². The maximum Gasteiger partial charge on any atom is 0.0348 e. The van der Waals surface area contributed by atoms with E-state index in [1.54, 1.807) is 10.4 Å². The highest BCUT2D eigenvalue weighted by atomic mass is 32.1. The van der Waals surface area contributed by atoms with Crippen LogP contribution >= 0.6 is 11.3 Å². The van der Waals surface area contributed by atoms with Gasteiger partial charge in [0.25, 0.3) is 0 Å². The number of thiophene rings is 1. The summed E-state index contributed by atoms with van der Waals surface area (Å²) in [5.74, 6) is 0. The van der Waals surface area contributed by atoms with E-state index in [1.165, 1.54) is 10.1 Å². The molecule has 1 atom stereocenters. The van der Waals surface area contributed by atoms with Crippen LogP contribution in [0.5, 0.6) is 0 Å². The van der Waals surface area contributed by atoms with E-state index in [0.29, 0.717) is 6.04 Å². The minimum absolute atomic E-state index is 0.585. The molecule has 1 aromatic carbocycles. The number of fused-ring (bicyclic) bond motifs is 1. The molecule has 3 heteroatoms. The van der Waals surface area contributed by atoms with E-state index >= 15 is 0 Å². The SMILES string of the molecule is CCc1sc2ccccc2c1CC1CNCCN1. The van der Waals surface area contributed by atoms with E-state index in [4.69, 9.17) is 0 Å². The van der Waals surface area contributed by atoms with E-state index < -0.39 is 0 Å². The van der Waals surface area contributed by atoms with Gasteiger partial charge in [0.2, 0.25) is 0 Å². The van der Waals surface area contributed by atoms with Crippen LogP contribution in [0.4, 0.5) is 0 Å². The van der Waals surface area contributed by atoms with Crippen molar-refractivity contribution in [3.05, 3.63) is 34.7 Å². The number of rotatable bonds is 3. The summed E-state index contributed by atoms with van der Waals surface area (Å²) in [4.78, 5) is 1.56. The van der Waals surface area contributed by atoms with Crippen molar-refractivity contribution in [3.8, 4) is 0 Å². The summed E-state index contributed by atoms with van der Waals surface area (Å²) < 4.78 is 1.44. The zero-order valence-corrected chi connectivity index (χ0v) is 11.6. The number of aryl methyl sites for hydroxylation is 1. The summed E-state index contributed by atoms with van der Waals surface area (Å²) >= 11 is 1.96. The second-order valence-electron chi connectivity index (χ2n) is 4.91. The maximum absolute atomic E-state index is 3.62. The Labute approximate surface area is 112 Å². The first kappa shape index (κ1) is 12.2. The zero-order valence-electron chi connectivity index (χ0n) is 10.8. The van der Waals surface area contributed by atoms with Gasteiger partial charge in [0, 0.05) is 35.3 Å². The molecular weight excluding hydrogens is 240 g/mol. The van der Waals surface area contributed by atoms with Gasteiger partial charge in [-0.25, -0.2) is 0 Å². The van der Waals surface area contributed by atoms with Gasteiger partial charge in [-0.2, -0.15) is 0 Å². The third kappa shape index (κ3) is 2.30. The van der Waals surface area contributed by atoms with Gasteiger partial charge >= 0.3 is 0 Å². The van der Waals surface area contributed by atoms with Crippen molar-refractivity contribution in [3.63, 3.8) is 0 Å². The van der Waals surface area contributed by atoms with Crippen molar-refractivity contribution in [1.82, 2.24) is 10.6 Å². The fourth-order valence-electron chi connectivity index (χ4n) is 2.76. The Morgan fingerprint density at radius 1 is 1.28 bits per heavy atom. The first-order valence-corrected chi connectivity index (χ1v) is 7.63. The van der Waals surface area contributed by atoms with E-state index in [0.717, 1.165) is 32.5 Å². The summed E-state index contributed by atoms with van der Waals surface area (Å²) in [5, 5.41) is 8.55. The van der Waals surface area contributed by atoms with Crippen molar-refractivity contribution in [2.24, 2.45) is 0 Å². The molecule has 2 aromatic rings. The Kier molecular flexibility index (Phi) is 3.64. The van der Waals surface area contributed by atoms with Crippen LogP contribution in [0.15, 0.2) is 24.3 Å². The molecule has 0 radical (unpaired) electrons. The molecule has 96 valence electrons. The van der Waals surface area contributed by atoms with Gasteiger partial charge in [-0.3, -0.25) is 0 Å². The molecule has 0 aliphatic carbocycles. The summed E-state index contributed by atoms with van der Waals surface area (Å²) in [6, 6.07) is 9.40. The largest absolute Gasteiger partial charge is 0.314 e. The lowest BCUT2D eigenvalue weighted by Crippen LogP contribution is -2.49. The molecule has 1 aliphatic heterocycles. The minimum Gasteiger partial charge on any atom is -0.314 e. The van der Waals surface area contributed by atoms with Crippen molar-refractivity contribution in [2.75, 3.05) is 19.6 Å². The predicted molar refractivity (Wildman–Crippen MR) is 79.6 cm³/mol. The minimum atomic E-state index is 0.585. The van der Waals surface area contributed by atoms with Crippen LogP contribution in [0.3, 0.4) is 0 Å². The average molecular weight is 260 g/mol. The molecule has 1 aliphatic rings. The van der Waals surface area contributed by atoms with Crippen LogP contribution in [0, 0.1) is 0 Å². The molecule has 2 N–H and O–H groups in total. The van der Waals surface area contributed by atoms with E-state index in [-0.39, 0.29) is 0 Å². The second-order valence-corrected chi connectivity index (χ2v) is 6.05. The normalized spacial score (nSPS) is 20.4. The van der Waals surface area contributed by atoms with E-state index in [1.807, 2.05) is 11.3 Å². The molecule has 0 saturated carbocycles. The van der Waals surface area contributed by atoms with Gasteiger partial charge in [-0.1, -0.05) is 25.1 Å². The molecule has 1 unspecified atom stereocenters. The molecule has 0 amide bonds. The molecule has 3 rings (SSSR count). The smallest absolute Gasteiger partial charge is 0.0348 e. The maximum atomic E-state index is 3.62. The van der Waals surface area contributed by atoms with Gasteiger partial charge in [-0.05, 0) is 29.9 Å². The fourth-order valence-corrected chi connectivity index (χ4v) is 3.94. The predicted octanol–water partition coefficient (Wildman–Crippen LogP) is 2.57. The van der Waals surface area contributed by atoms with Crippen molar-refractivity contribution < 1.29 is 0 Å². The lowest BCUT2D eigenvalue weighted by molar-refractivity contribution is 0.417. The summed E-state index contributed by atoms with van der Waals surface area (Å²) in [7, 11) is 0. The third-order valence-electron chi connectivity index (χ3n) is 3.68. The van der Waals surface area contributed by atoms with Gasteiger partial charge in [0.05, 0.1) is 0 Å². The Hall–Kier alpha value is -0.900. The van der Waals surface area contributed by atoms with E-state index in [2.05, 4.69) is 41.8 Å². The van der Waals surface area contributed by atoms with Crippen molar-refractivity contribution in [1.29, 1.82) is 0 Å². The average Bonchev–Trinajstić information content (AvgIpc) is 2.78. The number of hydrogen-bond donors (Lipinski definition) is 2. The number of piperazine rings is 1. The highest BCUT2D eigenvalue weighted by Gasteiger charge is 2.17. The molecule has 18 heavy (non-hydrogen) atoms. The summed E-state index contributed by atoms with van der Waals surface area (Å²) in [6.45, 7) is 5.55. The molecule has 2 heterocycles. The summed E-state index contributed by atoms with van der Waals surface area (Å²) in [5.41, 5.74) is 1.57. The van der Waals surface area contributed by atoms with Gasteiger partial charge < -0.3 is 10.6 Å². The van der Waals surface area contributed by atoms with E-state index in [9.17, 15) is 0 Å².